The lowest BCUT2D eigenvalue weighted by Crippen LogP contribution is -1.97. The molecule has 2 N–H and O–H groups in total. The number of hydrogen-bond donors (Lipinski definition) is 1. The first kappa shape index (κ1) is 9.67. The molecule has 0 spiro atoms. The quantitative estimate of drug-likeness (QED) is 0.639. The highest BCUT2D eigenvalue weighted by Crippen LogP contribution is 2.25. The Morgan fingerprint density at radius 3 is 2.76 bits per heavy atom. The van der Waals surface area contributed by atoms with Crippen LogP contribution in [0, 0.1) is 17.1 Å². The lowest BCUT2D eigenvalue weighted by atomic mass is 10.2. The molecule has 3 nitrogen and oxygen atoms in total. The minimum atomic E-state index is -0.285. The van der Waals surface area contributed by atoms with Gasteiger partial charge in [0.2, 0.25) is 0 Å². The fourth-order valence-electron chi connectivity index (χ4n) is 2.09. The molecule has 2 heterocycles. The van der Waals surface area contributed by atoms with E-state index >= 15 is 0 Å². The molecule has 1 aromatic carbocycles. The number of rotatable bonds is 0. The van der Waals surface area contributed by atoms with Crippen molar-refractivity contribution in [3.63, 3.8) is 0 Å². The molecule has 0 saturated carbocycles. The monoisotopic (exact) mass is 225 g/mol. The van der Waals surface area contributed by atoms with Gasteiger partial charge in [-0.25, -0.2) is 4.39 Å². The largest absolute Gasteiger partial charge is 0.385 e. The van der Waals surface area contributed by atoms with Gasteiger partial charge in [-0.05, 0) is 36.4 Å². The average molecular weight is 225 g/mol. The summed E-state index contributed by atoms with van der Waals surface area (Å²) in [6.45, 7) is 0. The maximum Gasteiger partial charge on any atom is 0.123 e. The zero-order valence-corrected chi connectivity index (χ0v) is 8.81. The van der Waals surface area contributed by atoms with E-state index in [9.17, 15) is 4.39 Å². The third-order valence-corrected chi connectivity index (χ3v) is 2.79. The Bertz CT molecular complexity index is 781. The second kappa shape index (κ2) is 3.22. The van der Waals surface area contributed by atoms with Crippen LogP contribution in [0.5, 0.6) is 0 Å². The lowest BCUT2D eigenvalue weighted by Gasteiger charge is -2.02. The third-order valence-electron chi connectivity index (χ3n) is 2.79. The molecule has 3 aromatic rings. The van der Waals surface area contributed by atoms with Crippen LogP contribution in [0.4, 0.5) is 10.2 Å². The van der Waals surface area contributed by atoms with Crippen LogP contribution < -0.4 is 5.73 Å². The van der Waals surface area contributed by atoms with Gasteiger partial charge in [-0.15, -0.1) is 0 Å². The summed E-state index contributed by atoms with van der Waals surface area (Å²) in [6, 6.07) is 11.7. The minimum absolute atomic E-state index is 0.285. The zero-order valence-electron chi connectivity index (χ0n) is 8.81. The topological polar surface area (TPSA) is 54.2 Å². The van der Waals surface area contributed by atoms with Gasteiger partial charge in [0, 0.05) is 10.9 Å². The molecule has 0 saturated heterocycles. The van der Waals surface area contributed by atoms with E-state index in [0.29, 0.717) is 11.4 Å². The summed E-state index contributed by atoms with van der Waals surface area (Å²) in [4.78, 5) is 0. The van der Waals surface area contributed by atoms with Crippen LogP contribution in [0.15, 0.2) is 36.4 Å². The van der Waals surface area contributed by atoms with Crippen LogP contribution in [0.3, 0.4) is 0 Å². The van der Waals surface area contributed by atoms with Gasteiger partial charge in [0.25, 0.3) is 0 Å². The zero-order chi connectivity index (χ0) is 12.0. The number of nitrogens with zero attached hydrogens (tertiary/aromatic N) is 2. The summed E-state index contributed by atoms with van der Waals surface area (Å²) >= 11 is 0. The summed E-state index contributed by atoms with van der Waals surface area (Å²) in [5, 5.41) is 9.64. The van der Waals surface area contributed by atoms with Crippen molar-refractivity contribution in [3.8, 4) is 6.07 Å². The molecule has 0 unspecified atom stereocenters. The Morgan fingerprint density at radius 2 is 2.00 bits per heavy atom. The van der Waals surface area contributed by atoms with E-state index in [1.165, 1.54) is 12.1 Å². The highest BCUT2D eigenvalue weighted by Gasteiger charge is 2.07. The number of benzene rings is 1. The summed E-state index contributed by atoms with van der Waals surface area (Å²) < 4.78 is 14.9. The summed E-state index contributed by atoms with van der Waals surface area (Å²) in [6.07, 6.45) is 0. The summed E-state index contributed by atoms with van der Waals surface area (Å²) in [5.41, 5.74) is 8.03. The number of fused-ring (bicyclic) bond motifs is 3. The van der Waals surface area contributed by atoms with Gasteiger partial charge in [0.05, 0.1) is 17.1 Å². The molecule has 82 valence electrons. The van der Waals surface area contributed by atoms with Gasteiger partial charge in [-0.1, -0.05) is 0 Å². The molecule has 0 amide bonds. The number of pyridine rings is 1. The van der Waals surface area contributed by atoms with Crippen molar-refractivity contribution < 1.29 is 4.39 Å². The van der Waals surface area contributed by atoms with E-state index < -0.39 is 0 Å². The molecule has 3 rings (SSSR count). The van der Waals surface area contributed by atoms with Crippen molar-refractivity contribution in [1.82, 2.24) is 4.40 Å². The molecule has 0 bridgehead atoms. The predicted molar refractivity (Wildman–Crippen MR) is 64.0 cm³/mol. The van der Waals surface area contributed by atoms with E-state index in [1.807, 2.05) is 12.1 Å². The number of aromatic nitrogens is 1. The van der Waals surface area contributed by atoms with E-state index in [1.54, 1.807) is 22.6 Å². The second-order valence-electron chi connectivity index (χ2n) is 3.89. The van der Waals surface area contributed by atoms with Crippen molar-refractivity contribution in [2.24, 2.45) is 0 Å². The van der Waals surface area contributed by atoms with E-state index in [4.69, 9.17) is 11.0 Å². The predicted octanol–water partition coefficient (Wildman–Crippen LogP) is 2.69. The smallest absolute Gasteiger partial charge is 0.123 e. The number of nitrogens with two attached hydrogens (primary N) is 1. The Kier molecular flexibility index (Phi) is 1.83. The highest BCUT2D eigenvalue weighted by atomic mass is 19.1. The molecule has 4 heteroatoms. The molecular formula is C13H8FN3. The van der Waals surface area contributed by atoms with Gasteiger partial charge in [0.15, 0.2) is 0 Å². The van der Waals surface area contributed by atoms with Crippen LogP contribution in [0.25, 0.3) is 16.4 Å². The van der Waals surface area contributed by atoms with Crippen molar-refractivity contribution in [2.75, 3.05) is 5.73 Å². The number of nitrogen functional groups attached to an aromatic ring is 1. The van der Waals surface area contributed by atoms with Crippen LogP contribution in [-0.4, -0.2) is 4.40 Å². The van der Waals surface area contributed by atoms with Gasteiger partial charge in [0.1, 0.15) is 11.6 Å². The molecule has 0 aliphatic carbocycles. The Balaban J connectivity index is 2.52. The van der Waals surface area contributed by atoms with Gasteiger partial charge >= 0.3 is 0 Å². The maximum atomic E-state index is 13.1. The first-order valence-corrected chi connectivity index (χ1v) is 5.09. The number of nitriles is 1. The molecular weight excluding hydrogens is 217 g/mol. The first-order chi connectivity index (χ1) is 8.19. The van der Waals surface area contributed by atoms with E-state index in [0.717, 1.165) is 16.4 Å². The van der Waals surface area contributed by atoms with Crippen LogP contribution in [0.1, 0.15) is 5.56 Å². The summed E-state index contributed by atoms with van der Waals surface area (Å²) in [5.74, 6) is 0.188. The number of halogens is 1. The molecule has 17 heavy (non-hydrogen) atoms. The standard InChI is InChI=1S/C13H8FN3/c14-10-1-2-12-9(5-10)6-11-3-8(7-15)4-13(16)17(11)12/h1-6H,16H2. The van der Waals surface area contributed by atoms with Crippen LogP contribution in [0.2, 0.25) is 0 Å². The van der Waals surface area contributed by atoms with Crippen molar-refractivity contribution >= 4 is 22.2 Å². The van der Waals surface area contributed by atoms with Crippen LogP contribution in [-0.2, 0) is 0 Å². The normalized spacial score (nSPS) is 10.8. The molecule has 0 fully saturated rings. The summed E-state index contributed by atoms with van der Waals surface area (Å²) in [7, 11) is 0. The molecule has 0 radical (unpaired) electrons. The van der Waals surface area contributed by atoms with Gasteiger partial charge in [-0.3, -0.25) is 4.40 Å². The minimum Gasteiger partial charge on any atom is -0.385 e. The van der Waals surface area contributed by atoms with Gasteiger partial charge in [-0.2, -0.15) is 5.26 Å². The van der Waals surface area contributed by atoms with Gasteiger partial charge < -0.3 is 5.73 Å². The maximum absolute atomic E-state index is 13.1. The lowest BCUT2D eigenvalue weighted by molar-refractivity contribution is 0.629. The molecule has 2 aromatic heterocycles. The Hall–Kier alpha value is -2.54. The fraction of sp³-hybridized carbons (Fsp3) is 0. The SMILES string of the molecule is N#Cc1cc(N)n2c(c1)cc1cc(F)ccc12. The number of hydrogen-bond acceptors (Lipinski definition) is 2. The second-order valence-corrected chi connectivity index (χ2v) is 3.89. The van der Waals surface area contributed by atoms with Crippen LogP contribution >= 0.6 is 0 Å². The third kappa shape index (κ3) is 1.33. The van der Waals surface area contributed by atoms with Crippen molar-refractivity contribution in [3.05, 3.63) is 47.8 Å². The molecule has 0 aliphatic rings. The average Bonchev–Trinajstić information content (AvgIpc) is 2.66. The molecule has 0 aliphatic heterocycles. The molecule has 0 atom stereocenters. The Labute approximate surface area is 96.5 Å². The first-order valence-electron chi connectivity index (χ1n) is 5.09. The Morgan fingerprint density at radius 1 is 1.18 bits per heavy atom. The van der Waals surface area contributed by atoms with E-state index in [2.05, 4.69) is 0 Å². The van der Waals surface area contributed by atoms with E-state index in [-0.39, 0.29) is 5.82 Å². The number of anilines is 1. The fourth-order valence-corrected chi connectivity index (χ4v) is 2.09. The van der Waals surface area contributed by atoms with Crippen molar-refractivity contribution in [2.45, 2.75) is 0 Å². The highest BCUT2D eigenvalue weighted by molar-refractivity contribution is 5.89. The van der Waals surface area contributed by atoms with Crippen molar-refractivity contribution in [1.29, 1.82) is 5.26 Å².